The summed E-state index contributed by atoms with van der Waals surface area (Å²) < 4.78 is 1.85. The molecule has 0 aromatic carbocycles. The Morgan fingerprint density at radius 2 is 2.43 bits per heavy atom. The van der Waals surface area contributed by atoms with Crippen LogP contribution in [0.15, 0.2) is 12.4 Å². The molecule has 0 amide bonds. The van der Waals surface area contributed by atoms with Gasteiger partial charge in [0, 0.05) is 25.4 Å². The van der Waals surface area contributed by atoms with Crippen LogP contribution in [0.5, 0.6) is 0 Å². The highest BCUT2D eigenvalue weighted by molar-refractivity contribution is 5.72. The lowest BCUT2D eigenvalue weighted by Crippen LogP contribution is -2.24. The van der Waals surface area contributed by atoms with Crippen LogP contribution >= 0.6 is 0 Å². The maximum absolute atomic E-state index is 10.4. The number of hydrogen-bond donors (Lipinski definition) is 2. The number of aryl methyl sites for hydroxylation is 1. The molecule has 0 fully saturated rings. The predicted molar refractivity (Wildman–Crippen MR) is 49.9 cm³/mol. The van der Waals surface area contributed by atoms with Crippen LogP contribution in [0.4, 0.5) is 0 Å². The number of aromatic nitrogens is 2. The highest BCUT2D eigenvalue weighted by atomic mass is 16.4. The summed E-state index contributed by atoms with van der Waals surface area (Å²) in [6.45, 7) is 2.82. The summed E-state index contributed by atoms with van der Waals surface area (Å²) >= 11 is 0. The van der Waals surface area contributed by atoms with Gasteiger partial charge < -0.3 is 14.8 Å². The standard InChI is InChI=1S/C9H14N2O3/c1-2-4-11-5-3-10-8(11)6-7(12)9(13)14/h3,5,7,12H,2,4,6H2,1H3,(H,13,14). The molecule has 14 heavy (non-hydrogen) atoms. The summed E-state index contributed by atoms with van der Waals surface area (Å²) in [7, 11) is 0. The van der Waals surface area contributed by atoms with Crippen LogP contribution in [0.1, 0.15) is 19.2 Å². The van der Waals surface area contributed by atoms with Gasteiger partial charge in [-0.15, -0.1) is 0 Å². The molecular weight excluding hydrogens is 184 g/mol. The quantitative estimate of drug-likeness (QED) is 0.712. The predicted octanol–water partition coefficient (Wildman–Crippen LogP) is 0.281. The van der Waals surface area contributed by atoms with Gasteiger partial charge in [0.05, 0.1) is 0 Å². The number of carboxylic acid groups (broad SMARTS) is 1. The molecule has 1 aromatic rings. The van der Waals surface area contributed by atoms with E-state index in [1.807, 2.05) is 11.5 Å². The zero-order valence-corrected chi connectivity index (χ0v) is 8.05. The molecule has 2 N–H and O–H groups in total. The Kier molecular flexibility index (Phi) is 3.64. The summed E-state index contributed by atoms with van der Waals surface area (Å²) in [6.07, 6.45) is 3.04. The third kappa shape index (κ3) is 2.56. The van der Waals surface area contributed by atoms with Gasteiger partial charge in [0.2, 0.25) is 0 Å². The molecule has 1 heterocycles. The first-order chi connectivity index (χ1) is 6.65. The molecule has 78 valence electrons. The molecule has 0 spiro atoms. The molecule has 0 bridgehead atoms. The maximum Gasteiger partial charge on any atom is 0.332 e. The van der Waals surface area contributed by atoms with Gasteiger partial charge in [-0.3, -0.25) is 0 Å². The van der Waals surface area contributed by atoms with Crippen molar-refractivity contribution in [2.24, 2.45) is 0 Å². The topological polar surface area (TPSA) is 75.3 Å². The second-order valence-electron chi connectivity index (χ2n) is 3.10. The van der Waals surface area contributed by atoms with Crippen LogP contribution in [0, 0.1) is 0 Å². The molecular formula is C9H14N2O3. The Labute approximate surface area is 82.0 Å². The smallest absolute Gasteiger partial charge is 0.332 e. The van der Waals surface area contributed by atoms with Crippen molar-refractivity contribution >= 4 is 5.97 Å². The summed E-state index contributed by atoms with van der Waals surface area (Å²) in [5, 5.41) is 17.7. The van der Waals surface area contributed by atoms with Crippen molar-refractivity contribution < 1.29 is 15.0 Å². The molecule has 1 atom stereocenters. The van der Waals surface area contributed by atoms with E-state index in [-0.39, 0.29) is 6.42 Å². The minimum Gasteiger partial charge on any atom is -0.479 e. The van der Waals surface area contributed by atoms with E-state index in [4.69, 9.17) is 10.2 Å². The van der Waals surface area contributed by atoms with E-state index >= 15 is 0 Å². The van der Waals surface area contributed by atoms with Gasteiger partial charge in [-0.1, -0.05) is 6.92 Å². The summed E-state index contributed by atoms with van der Waals surface area (Å²) in [5.74, 6) is -0.599. The third-order valence-corrected chi connectivity index (χ3v) is 1.93. The maximum atomic E-state index is 10.4. The third-order valence-electron chi connectivity index (χ3n) is 1.93. The van der Waals surface area contributed by atoms with Gasteiger partial charge in [0.15, 0.2) is 6.10 Å². The van der Waals surface area contributed by atoms with Crippen LogP contribution in [0.25, 0.3) is 0 Å². The second-order valence-corrected chi connectivity index (χ2v) is 3.10. The second kappa shape index (κ2) is 4.76. The average molecular weight is 198 g/mol. The number of nitrogens with zero attached hydrogens (tertiary/aromatic N) is 2. The van der Waals surface area contributed by atoms with Crippen LogP contribution in [-0.4, -0.2) is 31.8 Å². The van der Waals surface area contributed by atoms with Gasteiger partial charge in [0.1, 0.15) is 5.82 Å². The fourth-order valence-electron chi connectivity index (χ4n) is 1.23. The molecule has 0 saturated carbocycles. The fraction of sp³-hybridized carbons (Fsp3) is 0.556. The lowest BCUT2D eigenvalue weighted by atomic mass is 10.2. The molecule has 1 rings (SSSR count). The SMILES string of the molecule is CCCn1ccnc1CC(O)C(=O)O. The number of aliphatic hydroxyl groups is 1. The van der Waals surface area contributed by atoms with Crippen molar-refractivity contribution in [2.45, 2.75) is 32.4 Å². The molecule has 1 unspecified atom stereocenters. The highest BCUT2D eigenvalue weighted by Crippen LogP contribution is 2.03. The van der Waals surface area contributed by atoms with Crippen molar-refractivity contribution in [1.29, 1.82) is 0 Å². The van der Waals surface area contributed by atoms with Crippen molar-refractivity contribution in [3.8, 4) is 0 Å². The van der Waals surface area contributed by atoms with E-state index in [0.29, 0.717) is 5.82 Å². The van der Waals surface area contributed by atoms with E-state index < -0.39 is 12.1 Å². The van der Waals surface area contributed by atoms with Gasteiger partial charge >= 0.3 is 5.97 Å². The number of carboxylic acids is 1. The largest absolute Gasteiger partial charge is 0.479 e. The monoisotopic (exact) mass is 198 g/mol. The first-order valence-electron chi connectivity index (χ1n) is 4.56. The van der Waals surface area contributed by atoms with E-state index in [0.717, 1.165) is 13.0 Å². The van der Waals surface area contributed by atoms with Crippen molar-refractivity contribution in [2.75, 3.05) is 0 Å². The van der Waals surface area contributed by atoms with Crippen LogP contribution in [-0.2, 0) is 17.8 Å². The van der Waals surface area contributed by atoms with Gasteiger partial charge in [-0.25, -0.2) is 9.78 Å². The van der Waals surface area contributed by atoms with Crippen LogP contribution in [0.3, 0.4) is 0 Å². The first kappa shape index (κ1) is 10.7. The molecule has 0 radical (unpaired) electrons. The molecule has 1 aromatic heterocycles. The molecule has 0 saturated heterocycles. The Bertz CT molecular complexity index is 309. The average Bonchev–Trinajstić information content (AvgIpc) is 2.53. The minimum atomic E-state index is -1.37. The Morgan fingerprint density at radius 1 is 1.71 bits per heavy atom. The Hall–Kier alpha value is -1.36. The zero-order chi connectivity index (χ0) is 10.6. The van der Waals surface area contributed by atoms with Crippen LogP contribution in [0.2, 0.25) is 0 Å². The van der Waals surface area contributed by atoms with Gasteiger partial charge in [-0.05, 0) is 6.42 Å². The highest BCUT2D eigenvalue weighted by Gasteiger charge is 2.16. The number of rotatable bonds is 5. The fourth-order valence-corrected chi connectivity index (χ4v) is 1.23. The lowest BCUT2D eigenvalue weighted by molar-refractivity contribution is -0.146. The number of carbonyl (C=O) groups is 1. The molecule has 5 heteroatoms. The molecule has 0 aliphatic rings. The zero-order valence-electron chi connectivity index (χ0n) is 8.05. The van der Waals surface area contributed by atoms with E-state index in [1.54, 1.807) is 12.4 Å². The van der Waals surface area contributed by atoms with Crippen molar-refractivity contribution in [3.63, 3.8) is 0 Å². The van der Waals surface area contributed by atoms with E-state index in [2.05, 4.69) is 4.98 Å². The van der Waals surface area contributed by atoms with Crippen molar-refractivity contribution in [3.05, 3.63) is 18.2 Å². The molecule has 0 aliphatic heterocycles. The molecule has 0 aliphatic carbocycles. The van der Waals surface area contributed by atoms with E-state index in [9.17, 15) is 4.79 Å². The first-order valence-corrected chi connectivity index (χ1v) is 4.56. The minimum absolute atomic E-state index is 0.0579. The number of imidazole rings is 1. The van der Waals surface area contributed by atoms with Crippen LogP contribution < -0.4 is 0 Å². The summed E-state index contributed by atoms with van der Waals surface area (Å²) in [5.41, 5.74) is 0. The Balaban J connectivity index is 2.66. The summed E-state index contributed by atoms with van der Waals surface area (Å²) in [4.78, 5) is 14.4. The molecule has 5 nitrogen and oxygen atoms in total. The number of aliphatic carboxylic acids is 1. The van der Waals surface area contributed by atoms with Gasteiger partial charge in [-0.2, -0.15) is 0 Å². The normalized spacial score (nSPS) is 12.7. The van der Waals surface area contributed by atoms with E-state index in [1.165, 1.54) is 0 Å². The van der Waals surface area contributed by atoms with Gasteiger partial charge in [0.25, 0.3) is 0 Å². The lowest BCUT2D eigenvalue weighted by Gasteiger charge is -2.07. The van der Waals surface area contributed by atoms with Crippen molar-refractivity contribution in [1.82, 2.24) is 9.55 Å². The number of hydrogen-bond acceptors (Lipinski definition) is 3. The number of aliphatic hydroxyl groups excluding tert-OH is 1. The Morgan fingerprint density at radius 3 is 3.00 bits per heavy atom. The summed E-state index contributed by atoms with van der Waals surface area (Å²) in [6, 6.07) is 0.